The zero-order valence-electron chi connectivity index (χ0n) is 7.49. The molecular formula is C10H16O2. The van der Waals surface area contributed by atoms with Gasteiger partial charge in [0.25, 0.3) is 0 Å². The van der Waals surface area contributed by atoms with E-state index in [2.05, 4.69) is 6.58 Å². The zero-order valence-corrected chi connectivity index (χ0v) is 7.49. The van der Waals surface area contributed by atoms with E-state index in [-0.39, 0.29) is 11.9 Å². The number of rotatable bonds is 3. The Kier molecular flexibility index (Phi) is 3.04. The van der Waals surface area contributed by atoms with Gasteiger partial charge in [-0.25, -0.2) is 0 Å². The Hall–Kier alpha value is -0.630. The van der Waals surface area contributed by atoms with Crippen LogP contribution in [-0.4, -0.2) is 17.0 Å². The first-order valence-corrected chi connectivity index (χ1v) is 4.43. The van der Waals surface area contributed by atoms with Gasteiger partial charge in [-0.2, -0.15) is 0 Å². The van der Waals surface area contributed by atoms with Crippen molar-refractivity contribution in [1.82, 2.24) is 0 Å². The van der Waals surface area contributed by atoms with Gasteiger partial charge in [-0.3, -0.25) is 0 Å². The average Bonchev–Trinajstić information content (AvgIpc) is 2.29. The maximum Gasteiger partial charge on any atom is 0.130 e. The van der Waals surface area contributed by atoms with E-state index in [1.54, 1.807) is 6.92 Å². The largest absolute Gasteiger partial charge is 0.393 e. The summed E-state index contributed by atoms with van der Waals surface area (Å²) in [5, 5.41) is 9.35. The summed E-state index contributed by atoms with van der Waals surface area (Å²) in [4.78, 5) is 10.9. The number of carbonyl (C=O) groups is 1. The Morgan fingerprint density at radius 3 is 2.83 bits per heavy atom. The van der Waals surface area contributed by atoms with Gasteiger partial charge in [0, 0.05) is 6.42 Å². The zero-order chi connectivity index (χ0) is 9.14. The number of aliphatic hydroxyl groups excluding tert-OH is 1. The Labute approximate surface area is 73.3 Å². The molecule has 68 valence electrons. The van der Waals surface area contributed by atoms with Gasteiger partial charge in [0.15, 0.2) is 0 Å². The molecule has 2 heteroatoms. The molecule has 0 heterocycles. The van der Waals surface area contributed by atoms with Gasteiger partial charge >= 0.3 is 0 Å². The van der Waals surface area contributed by atoms with Crippen molar-refractivity contribution in [3.63, 3.8) is 0 Å². The van der Waals surface area contributed by atoms with Gasteiger partial charge < -0.3 is 9.90 Å². The van der Waals surface area contributed by atoms with Gasteiger partial charge in [0.1, 0.15) is 5.78 Å². The molecule has 0 bridgehead atoms. The Morgan fingerprint density at radius 2 is 2.33 bits per heavy atom. The van der Waals surface area contributed by atoms with Crippen molar-refractivity contribution in [2.75, 3.05) is 0 Å². The highest BCUT2D eigenvalue weighted by atomic mass is 16.3. The summed E-state index contributed by atoms with van der Waals surface area (Å²) in [6, 6.07) is 0. The molecule has 0 aromatic heterocycles. The molecule has 1 saturated carbocycles. The summed E-state index contributed by atoms with van der Waals surface area (Å²) in [6.45, 7) is 5.31. The van der Waals surface area contributed by atoms with Crippen LogP contribution in [0.15, 0.2) is 12.7 Å². The first-order valence-electron chi connectivity index (χ1n) is 4.43. The normalized spacial score (nSPS) is 35.0. The van der Waals surface area contributed by atoms with Crippen molar-refractivity contribution in [3.8, 4) is 0 Å². The third kappa shape index (κ3) is 2.18. The van der Waals surface area contributed by atoms with Crippen molar-refractivity contribution >= 4 is 5.78 Å². The monoisotopic (exact) mass is 168 g/mol. The maximum absolute atomic E-state index is 10.9. The van der Waals surface area contributed by atoms with Gasteiger partial charge in [-0.15, -0.1) is 6.58 Å². The van der Waals surface area contributed by atoms with Crippen molar-refractivity contribution in [3.05, 3.63) is 12.7 Å². The van der Waals surface area contributed by atoms with Crippen molar-refractivity contribution in [1.29, 1.82) is 0 Å². The number of carbonyl (C=O) groups excluding carboxylic acids is 1. The molecule has 12 heavy (non-hydrogen) atoms. The fourth-order valence-electron chi connectivity index (χ4n) is 2.02. The number of hydrogen-bond donors (Lipinski definition) is 1. The number of Topliss-reactive ketones (excluding diaryl/α,β-unsaturated/α-hetero) is 1. The lowest BCUT2D eigenvalue weighted by molar-refractivity contribution is -0.118. The minimum atomic E-state index is -0.225. The van der Waals surface area contributed by atoms with Crippen LogP contribution in [0.4, 0.5) is 0 Å². The average molecular weight is 168 g/mol. The first kappa shape index (κ1) is 9.46. The molecule has 3 unspecified atom stereocenters. The highest BCUT2D eigenvalue weighted by Gasteiger charge is 2.31. The van der Waals surface area contributed by atoms with E-state index in [1.165, 1.54) is 0 Å². The smallest absolute Gasteiger partial charge is 0.130 e. The number of allylic oxidation sites excluding steroid dienone is 1. The van der Waals surface area contributed by atoms with Crippen LogP contribution in [0, 0.1) is 11.8 Å². The van der Waals surface area contributed by atoms with Gasteiger partial charge in [0.05, 0.1) is 6.10 Å². The standard InChI is InChI=1S/C10H16O2/c1-3-8-5-10(12)6-9(8)4-7(2)11/h3,8-10,12H,1,4-6H2,2H3. The van der Waals surface area contributed by atoms with Crippen LogP contribution in [0.5, 0.6) is 0 Å². The molecule has 0 radical (unpaired) electrons. The summed E-state index contributed by atoms with van der Waals surface area (Å²) >= 11 is 0. The lowest BCUT2D eigenvalue weighted by Gasteiger charge is -2.12. The Balaban J connectivity index is 2.51. The summed E-state index contributed by atoms with van der Waals surface area (Å²) in [6.07, 6.45) is 3.77. The predicted octanol–water partition coefficient (Wildman–Crippen LogP) is 1.54. The summed E-state index contributed by atoms with van der Waals surface area (Å²) in [5.74, 6) is 0.875. The van der Waals surface area contributed by atoms with Crippen LogP contribution < -0.4 is 0 Å². The highest BCUT2D eigenvalue weighted by Crippen LogP contribution is 2.35. The molecule has 0 aliphatic heterocycles. The molecule has 0 aromatic carbocycles. The topological polar surface area (TPSA) is 37.3 Å². The number of aliphatic hydroxyl groups is 1. The summed E-state index contributed by atoms with van der Waals surface area (Å²) in [7, 11) is 0. The van der Waals surface area contributed by atoms with E-state index in [9.17, 15) is 9.90 Å². The van der Waals surface area contributed by atoms with E-state index >= 15 is 0 Å². The Bertz CT molecular complexity index is 186. The second-order valence-electron chi connectivity index (χ2n) is 3.69. The third-order valence-corrected chi connectivity index (χ3v) is 2.58. The van der Waals surface area contributed by atoms with Crippen LogP contribution in [0.25, 0.3) is 0 Å². The second kappa shape index (κ2) is 3.85. The first-order chi connectivity index (χ1) is 5.63. The van der Waals surface area contributed by atoms with E-state index in [4.69, 9.17) is 0 Å². The van der Waals surface area contributed by atoms with E-state index < -0.39 is 0 Å². The second-order valence-corrected chi connectivity index (χ2v) is 3.69. The lowest BCUT2D eigenvalue weighted by atomic mass is 9.92. The minimum absolute atomic E-state index is 0.209. The molecule has 3 atom stereocenters. The SMILES string of the molecule is C=CC1CC(O)CC1CC(C)=O. The van der Waals surface area contributed by atoms with Crippen molar-refractivity contribution in [2.45, 2.75) is 32.3 Å². The predicted molar refractivity (Wildman–Crippen MR) is 47.7 cm³/mol. The number of hydrogen-bond acceptors (Lipinski definition) is 2. The fraction of sp³-hybridized carbons (Fsp3) is 0.700. The molecule has 1 rings (SSSR count). The van der Waals surface area contributed by atoms with E-state index in [1.807, 2.05) is 6.08 Å². The number of ketones is 1. The van der Waals surface area contributed by atoms with Crippen LogP contribution in [0.2, 0.25) is 0 Å². The molecule has 0 amide bonds. The van der Waals surface area contributed by atoms with E-state index in [0.717, 1.165) is 12.8 Å². The molecule has 0 aromatic rings. The molecular weight excluding hydrogens is 152 g/mol. The van der Waals surface area contributed by atoms with Crippen LogP contribution in [0.1, 0.15) is 26.2 Å². The molecule has 0 spiro atoms. The van der Waals surface area contributed by atoms with Crippen molar-refractivity contribution in [2.24, 2.45) is 11.8 Å². The molecule has 1 fully saturated rings. The fourth-order valence-corrected chi connectivity index (χ4v) is 2.02. The molecule has 2 nitrogen and oxygen atoms in total. The van der Waals surface area contributed by atoms with Crippen LogP contribution in [0.3, 0.4) is 0 Å². The highest BCUT2D eigenvalue weighted by molar-refractivity contribution is 5.75. The summed E-state index contributed by atoms with van der Waals surface area (Å²) in [5.41, 5.74) is 0. The van der Waals surface area contributed by atoms with Gasteiger partial charge in [-0.1, -0.05) is 6.08 Å². The molecule has 0 saturated heterocycles. The van der Waals surface area contributed by atoms with Gasteiger partial charge in [-0.05, 0) is 31.6 Å². The third-order valence-electron chi connectivity index (χ3n) is 2.58. The van der Waals surface area contributed by atoms with Crippen molar-refractivity contribution < 1.29 is 9.90 Å². The van der Waals surface area contributed by atoms with Gasteiger partial charge in [0.2, 0.25) is 0 Å². The quantitative estimate of drug-likeness (QED) is 0.649. The maximum atomic E-state index is 10.9. The minimum Gasteiger partial charge on any atom is -0.393 e. The molecule has 1 aliphatic carbocycles. The van der Waals surface area contributed by atoms with Crippen LogP contribution >= 0.6 is 0 Å². The molecule has 1 aliphatic rings. The van der Waals surface area contributed by atoms with E-state index in [0.29, 0.717) is 18.3 Å². The summed E-state index contributed by atoms with van der Waals surface area (Å²) < 4.78 is 0. The molecule has 1 N–H and O–H groups in total. The Morgan fingerprint density at radius 1 is 1.67 bits per heavy atom. The van der Waals surface area contributed by atoms with Crippen LogP contribution in [-0.2, 0) is 4.79 Å². The lowest BCUT2D eigenvalue weighted by Crippen LogP contribution is -2.09.